The normalized spacial score (nSPS) is 11.7. The van der Waals surface area contributed by atoms with Gasteiger partial charge in [0.25, 0.3) is 0 Å². The van der Waals surface area contributed by atoms with E-state index in [9.17, 15) is 14.7 Å². The van der Waals surface area contributed by atoms with Gasteiger partial charge in [-0.3, -0.25) is 4.79 Å². The molecule has 0 spiro atoms. The number of nitrogens with one attached hydrogen (secondary N) is 1. The summed E-state index contributed by atoms with van der Waals surface area (Å²) in [4.78, 5) is 27.2. The molecule has 1 aromatic rings. The summed E-state index contributed by atoms with van der Waals surface area (Å²) in [6.07, 6.45) is 3.58. The van der Waals surface area contributed by atoms with Crippen molar-refractivity contribution in [2.45, 2.75) is 39.2 Å². The largest absolute Gasteiger partial charge is 0.480 e. The molecule has 0 atom stereocenters. The van der Waals surface area contributed by atoms with Crippen molar-refractivity contribution >= 4 is 29.3 Å². The molecular weight excluding hydrogens is 264 g/mol. The molecule has 104 valence electrons. The van der Waals surface area contributed by atoms with Crippen molar-refractivity contribution in [3.8, 4) is 0 Å². The predicted octanol–water partition coefficient (Wildman–Crippen LogP) is 2.22. The van der Waals surface area contributed by atoms with Crippen LogP contribution in [0.3, 0.4) is 0 Å². The zero-order chi connectivity index (χ0) is 14.5. The molecule has 0 aliphatic carbocycles. The third-order valence-corrected chi connectivity index (χ3v) is 3.81. The molecule has 6 heteroatoms. The molecule has 0 aliphatic rings. The number of hydrogen-bond donors (Lipinski definition) is 2. The number of carbonyl (C=O) groups excluding carboxylic acids is 1. The van der Waals surface area contributed by atoms with Crippen molar-refractivity contribution in [1.29, 1.82) is 0 Å². The van der Waals surface area contributed by atoms with E-state index >= 15 is 0 Å². The van der Waals surface area contributed by atoms with Crippen LogP contribution in [-0.4, -0.2) is 27.5 Å². The third kappa shape index (κ3) is 3.89. The summed E-state index contributed by atoms with van der Waals surface area (Å²) < 4.78 is 0. The van der Waals surface area contributed by atoms with Gasteiger partial charge in [0, 0.05) is 11.5 Å². The van der Waals surface area contributed by atoms with E-state index in [2.05, 4.69) is 10.3 Å². The van der Waals surface area contributed by atoms with Crippen LogP contribution in [0.25, 0.3) is 6.08 Å². The van der Waals surface area contributed by atoms with Crippen molar-refractivity contribution in [2.75, 3.05) is 0 Å². The SMILES string of the molecule is CCC(CC)(NC(=O)C=Cc1csc(C)n1)C(=O)O. The number of rotatable bonds is 6. The number of hydrogen-bond acceptors (Lipinski definition) is 4. The quantitative estimate of drug-likeness (QED) is 0.784. The van der Waals surface area contributed by atoms with E-state index < -0.39 is 17.4 Å². The first-order valence-electron chi connectivity index (χ1n) is 6.09. The fraction of sp³-hybridized carbons (Fsp3) is 0.462. The summed E-state index contributed by atoms with van der Waals surface area (Å²) in [5.74, 6) is -1.43. The van der Waals surface area contributed by atoms with Crippen LogP contribution < -0.4 is 5.32 Å². The first-order chi connectivity index (χ1) is 8.93. The summed E-state index contributed by atoms with van der Waals surface area (Å²) in [6, 6.07) is 0. The molecule has 0 bridgehead atoms. The molecule has 2 N–H and O–H groups in total. The van der Waals surface area contributed by atoms with E-state index in [0.717, 1.165) is 5.01 Å². The zero-order valence-electron chi connectivity index (χ0n) is 11.3. The Morgan fingerprint density at radius 1 is 1.47 bits per heavy atom. The molecule has 1 rings (SSSR count). The Morgan fingerprint density at radius 2 is 2.11 bits per heavy atom. The van der Waals surface area contributed by atoms with Gasteiger partial charge in [-0.15, -0.1) is 11.3 Å². The maximum absolute atomic E-state index is 11.8. The van der Waals surface area contributed by atoms with Crippen molar-refractivity contribution in [2.24, 2.45) is 0 Å². The lowest BCUT2D eigenvalue weighted by atomic mass is 9.93. The standard InChI is InChI=1S/C13H18N2O3S/c1-4-13(5-2,12(17)18)15-11(16)7-6-10-8-19-9(3)14-10/h6-8H,4-5H2,1-3H3,(H,15,16)(H,17,18). The Kier molecular flexibility index (Phi) is 5.23. The summed E-state index contributed by atoms with van der Waals surface area (Å²) in [5.41, 5.74) is -0.494. The molecule has 1 heterocycles. The van der Waals surface area contributed by atoms with Crippen molar-refractivity contribution < 1.29 is 14.7 Å². The van der Waals surface area contributed by atoms with Crippen LogP contribution in [0.1, 0.15) is 37.4 Å². The molecule has 5 nitrogen and oxygen atoms in total. The highest BCUT2D eigenvalue weighted by Gasteiger charge is 2.35. The lowest BCUT2D eigenvalue weighted by molar-refractivity contribution is -0.147. The van der Waals surface area contributed by atoms with Gasteiger partial charge >= 0.3 is 5.97 Å². The van der Waals surface area contributed by atoms with Crippen molar-refractivity contribution in [3.05, 3.63) is 22.2 Å². The molecular formula is C13H18N2O3S. The molecule has 0 aromatic carbocycles. The van der Waals surface area contributed by atoms with E-state index in [0.29, 0.717) is 18.5 Å². The number of aliphatic carboxylic acids is 1. The number of amides is 1. The highest BCUT2D eigenvalue weighted by Crippen LogP contribution is 2.15. The minimum atomic E-state index is -1.20. The average molecular weight is 282 g/mol. The molecule has 0 radical (unpaired) electrons. The lowest BCUT2D eigenvalue weighted by Crippen LogP contribution is -2.53. The summed E-state index contributed by atoms with van der Waals surface area (Å²) in [5, 5.41) is 14.5. The van der Waals surface area contributed by atoms with Crippen LogP contribution in [0.15, 0.2) is 11.5 Å². The van der Waals surface area contributed by atoms with Gasteiger partial charge in [0.1, 0.15) is 5.54 Å². The number of carbonyl (C=O) groups is 2. The molecule has 0 saturated heterocycles. The first-order valence-corrected chi connectivity index (χ1v) is 6.97. The fourth-order valence-electron chi connectivity index (χ4n) is 1.68. The minimum absolute atomic E-state index is 0.341. The number of nitrogens with zero attached hydrogens (tertiary/aromatic N) is 1. The average Bonchev–Trinajstić information content (AvgIpc) is 2.79. The van der Waals surface area contributed by atoms with Crippen LogP contribution in [0.2, 0.25) is 0 Å². The molecule has 0 saturated carbocycles. The smallest absolute Gasteiger partial charge is 0.329 e. The molecule has 1 amide bonds. The molecule has 0 unspecified atom stereocenters. The molecule has 19 heavy (non-hydrogen) atoms. The number of aryl methyl sites for hydroxylation is 1. The Balaban J connectivity index is 2.73. The summed E-state index contributed by atoms with van der Waals surface area (Å²) in [7, 11) is 0. The topological polar surface area (TPSA) is 79.3 Å². The third-order valence-electron chi connectivity index (χ3n) is 3.02. The van der Waals surface area contributed by atoms with E-state index in [4.69, 9.17) is 0 Å². The van der Waals surface area contributed by atoms with Crippen LogP contribution in [-0.2, 0) is 9.59 Å². The first kappa shape index (κ1) is 15.4. The second-order valence-electron chi connectivity index (χ2n) is 4.21. The van der Waals surface area contributed by atoms with Gasteiger partial charge in [0.05, 0.1) is 10.7 Å². The van der Waals surface area contributed by atoms with Crippen LogP contribution in [0, 0.1) is 6.92 Å². The monoisotopic (exact) mass is 282 g/mol. The van der Waals surface area contributed by atoms with Gasteiger partial charge in [0.15, 0.2) is 0 Å². The van der Waals surface area contributed by atoms with Gasteiger partial charge in [0.2, 0.25) is 5.91 Å². The highest BCUT2D eigenvalue weighted by molar-refractivity contribution is 7.09. The van der Waals surface area contributed by atoms with Crippen LogP contribution >= 0.6 is 11.3 Å². The molecule has 0 fully saturated rings. The molecule has 0 aliphatic heterocycles. The summed E-state index contributed by atoms with van der Waals surface area (Å²) >= 11 is 1.49. The Bertz CT molecular complexity index is 490. The number of carboxylic acid groups (broad SMARTS) is 1. The van der Waals surface area contributed by atoms with E-state index in [1.54, 1.807) is 19.9 Å². The Labute approximate surface area is 116 Å². The van der Waals surface area contributed by atoms with Gasteiger partial charge < -0.3 is 10.4 Å². The second-order valence-corrected chi connectivity index (χ2v) is 5.27. The van der Waals surface area contributed by atoms with Gasteiger partial charge in [-0.25, -0.2) is 9.78 Å². The minimum Gasteiger partial charge on any atom is -0.480 e. The van der Waals surface area contributed by atoms with Gasteiger partial charge in [-0.05, 0) is 25.8 Å². The lowest BCUT2D eigenvalue weighted by Gasteiger charge is -2.27. The predicted molar refractivity (Wildman–Crippen MR) is 75.0 cm³/mol. The maximum atomic E-state index is 11.8. The van der Waals surface area contributed by atoms with E-state index in [1.807, 2.05) is 12.3 Å². The van der Waals surface area contributed by atoms with E-state index in [-0.39, 0.29) is 0 Å². The number of carboxylic acids is 1. The van der Waals surface area contributed by atoms with E-state index in [1.165, 1.54) is 17.4 Å². The number of aromatic nitrogens is 1. The summed E-state index contributed by atoms with van der Waals surface area (Å²) in [6.45, 7) is 5.36. The van der Waals surface area contributed by atoms with Crippen molar-refractivity contribution in [3.63, 3.8) is 0 Å². The Hall–Kier alpha value is -1.69. The molecule has 1 aromatic heterocycles. The van der Waals surface area contributed by atoms with Crippen LogP contribution in [0.4, 0.5) is 0 Å². The maximum Gasteiger partial charge on any atom is 0.329 e. The van der Waals surface area contributed by atoms with Gasteiger partial charge in [-0.2, -0.15) is 0 Å². The zero-order valence-corrected chi connectivity index (χ0v) is 12.1. The highest BCUT2D eigenvalue weighted by atomic mass is 32.1. The van der Waals surface area contributed by atoms with Crippen LogP contribution in [0.5, 0.6) is 0 Å². The Morgan fingerprint density at radius 3 is 2.53 bits per heavy atom. The van der Waals surface area contributed by atoms with Gasteiger partial charge in [-0.1, -0.05) is 13.8 Å². The number of thiazole rings is 1. The fourth-order valence-corrected chi connectivity index (χ4v) is 2.26. The second kappa shape index (κ2) is 6.47. The van der Waals surface area contributed by atoms with Crippen molar-refractivity contribution in [1.82, 2.24) is 10.3 Å².